The molecule has 0 unspecified atom stereocenters. The number of thioether (sulfide) groups is 1. The van der Waals surface area contributed by atoms with Gasteiger partial charge in [-0.25, -0.2) is 9.79 Å². The highest BCUT2D eigenvalue weighted by Crippen LogP contribution is 2.36. The molecule has 0 saturated carbocycles. The van der Waals surface area contributed by atoms with Crippen molar-refractivity contribution in [1.29, 1.82) is 0 Å². The van der Waals surface area contributed by atoms with E-state index in [9.17, 15) is 9.59 Å². The molecule has 1 aliphatic rings. The van der Waals surface area contributed by atoms with Crippen LogP contribution in [0.3, 0.4) is 0 Å². The average molecular weight is 486 g/mol. The molecule has 35 heavy (non-hydrogen) atoms. The molecule has 2 N–H and O–H groups in total. The standard InChI is InChI=1S/C28H27N3O3S/c1-3-34-27(33)24-25(20-10-6-4-7-11-20)30-28(31-26(24)21-12-8-5-9-13-21)35-18-23(32)29-22-16-14-19(2)15-17-22/h4-17,25H,3,18H2,1-2H3,(H,29,32)(H,30,31)/t25-/m1/s1. The quantitative estimate of drug-likeness (QED) is 0.442. The van der Waals surface area contributed by atoms with Crippen molar-refractivity contribution in [2.45, 2.75) is 19.9 Å². The second-order valence-electron chi connectivity index (χ2n) is 7.95. The van der Waals surface area contributed by atoms with Crippen molar-refractivity contribution < 1.29 is 14.3 Å². The zero-order chi connectivity index (χ0) is 24.6. The Kier molecular flexibility index (Phi) is 8.00. The Morgan fingerprint density at radius 3 is 2.29 bits per heavy atom. The summed E-state index contributed by atoms with van der Waals surface area (Å²) >= 11 is 1.29. The van der Waals surface area contributed by atoms with Gasteiger partial charge in [-0.15, -0.1) is 0 Å². The summed E-state index contributed by atoms with van der Waals surface area (Å²) in [5.41, 5.74) is 4.66. The summed E-state index contributed by atoms with van der Waals surface area (Å²) in [6.07, 6.45) is 0. The van der Waals surface area contributed by atoms with E-state index in [1.807, 2.05) is 91.9 Å². The van der Waals surface area contributed by atoms with Gasteiger partial charge in [0.15, 0.2) is 5.17 Å². The molecule has 1 heterocycles. The number of amides is 1. The Hall–Kier alpha value is -3.84. The van der Waals surface area contributed by atoms with Gasteiger partial charge in [0.2, 0.25) is 5.91 Å². The molecule has 1 amide bonds. The van der Waals surface area contributed by atoms with Gasteiger partial charge in [0, 0.05) is 5.69 Å². The Bertz CT molecular complexity index is 1240. The number of esters is 1. The number of benzene rings is 3. The van der Waals surface area contributed by atoms with E-state index in [1.54, 1.807) is 6.92 Å². The van der Waals surface area contributed by atoms with Crippen LogP contribution in [-0.4, -0.2) is 29.4 Å². The van der Waals surface area contributed by atoms with E-state index < -0.39 is 12.0 Å². The molecular formula is C28H27N3O3S. The molecule has 7 heteroatoms. The van der Waals surface area contributed by atoms with Gasteiger partial charge < -0.3 is 15.4 Å². The summed E-state index contributed by atoms with van der Waals surface area (Å²) in [5.74, 6) is -0.392. The van der Waals surface area contributed by atoms with Crippen LogP contribution in [0.4, 0.5) is 5.69 Å². The second-order valence-corrected chi connectivity index (χ2v) is 8.91. The fourth-order valence-electron chi connectivity index (χ4n) is 3.70. The molecule has 1 aliphatic heterocycles. The van der Waals surface area contributed by atoms with Crippen LogP contribution >= 0.6 is 11.8 Å². The van der Waals surface area contributed by atoms with Gasteiger partial charge in [0.05, 0.1) is 23.6 Å². The molecule has 6 nitrogen and oxygen atoms in total. The van der Waals surface area contributed by atoms with Gasteiger partial charge in [-0.1, -0.05) is 90.1 Å². The Labute approximate surface area is 209 Å². The van der Waals surface area contributed by atoms with Crippen LogP contribution in [-0.2, 0) is 14.3 Å². The van der Waals surface area contributed by atoms with Crippen molar-refractivity contribution >= 4 is 40.2 Å². The lowest BCUT2D eigenvalue weighted by atomic mass is 9.94. The summed E-state index contributed by atoms with van der Waals surface area (Å²) in [5, 5.41) is 6.77. The van der Waals surface area contributed by atoms with E-state index in [0.717, 1.165) is 22.4 Å². The summed E-state index contributed by atoms with van der Waals surface area (Å²) in [4.78, 5) is 30.5. The molecular weight excluding hydrogens is 458 g/mol. The number of carbonyl (C=O) groups excluding carboxylic acids is 2. The number of aryl methyl sites for hydroxylation is 1. The summed E-state index contributed by atoms with van der Waals surface area (Å²) < 4.78 is 5.42. The Morgan fingerprint density at radius 2 is 1.63 bits per heavy atom. The molecule has 0 radical (unpaired) electrons. The number of rotatable bonds is 7. The van der Waals surface area contributed by atoms with E-state index in [0.29, 0.717) is 16.4 Å². The minimum atomic E-state index is -0.561. The zero-order valence-electron chi connectivity index (χ0n) is 19.7. The average Bonchev–Trinajstić information content (AvgIpc) is 2.89. The number of hydrogen-bond acceptors (Lipinski definition) is 6. The van der Waals surface area contributed by atoms with E-state index in [1.165, 1.54) is 11.8 Å². The van der Waals surface area contributed by atoms with Crippen LogP contribution in [0.1, 0.15) is 29.7 Å². The van der Waals surface area contributed by atoms with Crippen LogP contribution in [0.2, 0.25) is 0 Å². The van der Waals surface area contributed by atoms with Crippen LogP contribution in [0.25, 0.3) is 5.70 Å². The molecule has 0 aromatic heterocycles. The molecule has 0 bridgehead atoms. The predicted molar refractivity (Wildman–Crippen MR) is 142 cm³/mol. The number of amidine groups is 1. The minimum Gasteiger partial charge on any atom is -0.463 e. The number of nitrogens with zero attached hydrogens (tertiary/aromatic N) is 1. The fourth-order valence-corrected chi connectivity index (χ4v) is 4.39. The van der Waals surface area contributed by atoms with Crippen molar-refractivity contribution in [1.82, 2.24) is 5.32 Å². The smallest absolute Gasteiger partial charge is 0.338 e. The lowest BCUT2D eigenvalue weighted by Gasteiger charge is -2.27. The molecule has 0 saturated heterocycles. The highest BCUT2D eigenvalue weighted by atomic mass is 32.2. The van der Waals surface area contributed by atoms with Crippen molar-refractivity contribution in [3.05, 3.63) is 107 Å². The van der Waals surface area contributed by atoms with Crippen LogP contribution in [0.15, 0.2) is 95.5 Å². The number of ether oxygens (including phenoxy) is 1. The third-order valence-electron chi connectivity index (χ3n) is 5.37. The monoisotopic (exact) mass is 485 g/mol. The van der Waals surface area contributed by atoms with Gasteiger partial charge in [-0.05, 0) is 37.1 Å². The van der Waals surface area contributed by atoms with Gasteiger partial charge in [0.1, 0.15) is 6.04 Å². The first kappa shape index (κ1) is 24.3. The Balaban J connectivity index is 1.63. The highest BCUT2D eigenvalue weighted by Gasteiger charge is 2.32. The number of nitrogens with one attached hydrogen (secondary N) is 2. The fraction of sp³-hybridized carbons (Fsp3) is 0.179. The minimum absolute atomic E-state index is 0.138. The summed E-state index contributed by atoms with van der Waals surface area (Å²) in [7, 11) is 0. The molecule has 0 spiro atoms. The third kappa shape index (κ3) is 6.19. The SMILES string of the molecule is CCOC(=O)C1=C(c2ccccc2)NC(SCC(=O)Nc2ccc(C)cc2)=N[C@@H]1c1ccccc1. The molecule has 1 atom stereocenters. The summed E-state index contributed by atoms with van der Waals surface area (Å²) in [6.45, 7) is 4.04. The number of carbonyl (C=O) groups is 2. The normalized spacial score (nSPS) is 15.1. The molecule has 178 valence electrons. The van der Waals surface area contributed by atoms with E-state index in [4.69, 9.17) is 9.73 Å². The van der Waals surface area contributed by atoms with Crippen molar-refractivity contribution in [3.8, 4) is 0 Å². The van der Waals surface area contributed by atoms with Gasteiger partial charge >= 0.3 is 5.97 Å². The first-order valence-electron chi connectivity index (χ1n) is 11.4. The molecule has 3 aromatic rings. The molecule has 0 fully saturated rings. The first-order chi connectivity index (χ1) is 17.0. The molecule has 0 aliphatic carbocycles. The lowest BCUT2D eigenvalue weighted by molar-refractivity contribution is -0.138. The van der Waals surface area contributed by atoms with Crippen LogP contribution < -0.4 is 10.6 Å². The zero-order valence-corrected chi connectivity index (χ0v) is 20.5. The number of aliphatic imine (C=N–C) groups is 1. The Morgan fingerprint density at radius 1 is 0.971 bits per heavy atom. The predicted octanol–water partition coefficient (Wildman–Crippen LogP) is 5.34. The van der Waals surface area contributed by atoms with Gasteiger partial charge in [-0.3, -0.25) is 4.79 Å². The largest absolute Gasteiger partial charge is 0.463 e. The summed E-state index contributed by atoms with van der Waals surface area (Å²) in [6, 6.07) is 26.3. The van der Waals surface area contributed by atoms with Crippen molar-refractivity contribution in [2.75, 3.05) is 17.7 Å². The maximum Gasteiger partial charge on any atom is 0.338 e. The lowest BCUT2D eigenvalue weighted by Crippen LogP contribution is -2.31. The molecule has 3 aromatic carbocycles. The van der Waals surface area contributed by atoms with Crippen LogP contribution in [0.5, 0.6) is 0 Å². The van der Waals surface area contributed by atoms with E-state index >= 15 is 0 Å². The van der Waals surface area contributed by atoms with Crippen molar-refractivity contribution in [2.24, 2.45) is 4.99 Å². The third-order valence-corrected chi connectivity index (χ3v) is 6.26. The van der Waals surface area contributed by atoms with Crippen LogP contribution in [0, 0.1) is 6.92 Å². The number of hydrogen-bond donors (Lipinski definition) is 2. The number of anilines is 1. The second kappa shape index (κ2) is 11.5. The van der Waals surface area contributed by atoms with Gasteiger partial charge in [-0.2, -0.15) is 0 Å². The first-order valence-corrected chi connectivity index (χ1v) is 12.4. The topological polar surface area (TPSA) is 79.8 Å². The van der Waals surface area contributed by atoms with E-state index in [2.05, 4.69) is 10.6 Å². The van der Waals surface area contributed by atoms with E-state index in [-0.39, 0.29) is 18.3 Å². The molecule has 4 rings (SSSR count). The maximum absolute atomic E-state index is 13.1. The van der Waals surface area contributed by atoms with Gasteiger partial charge in [0.25, 0.3) is 0 Å². The maximum atomic E-state index is 13.1. The van der Waals surface area contributed by atoms with Crippen molar-refractivity contribution in [3.63, 3.8) is 0 Å². The highest BCUT2D eigenvalue weighted by molar-refractivity contribution is 8.14.